The summed E-state index contributed by atoms with van der Waals surface area (Å²) in [5.74, 6) is 0.303. The average molecular weight is 382 g/mol. The molecule has 0 bridgehead atoms. The van der Waals surface area contributed by atoms with Crippen molar-refractivity contribution in [2.45, 2.75) is 64.2 Å². The van der Waals surface area contributed by atoms with Gasteiger partial charge in [-0.3, -0.25) is 9.59 Å². The summed E-state index contributed by atoms with van der Waals surface area (Å²) in [4.78, 5) is 24.4. The van der Waals surface area contributed by atoms with Crippen molar-refractivity contribution in [2.75, 3.05) is 0 Å². The third-order valence-corrected chi connectivity index (χ3v) is 6.72. The van der Waals surface area contributed by atoms with Crippen molar-refractivity contribution >= 4 is 11.9 Å². The molecule has 0 aromatic rings. The number of rotatable bonds is 4. The third-order valence-electron chi connectivity index (χ3n) is 6.72. The number of ketones is 1. The molecule has 1 aliphatic heterocycles. The van der Waals surface area contributed by atoms with E-state index in [1.54, 1.807) is 0 Å². The molecule has 0 aromatic heterocycles. The standard InChI is InChI=1S/C23H26O5/c1-3-4-7-23(8-5-6-13(23)2)22-14-9-16(24)18(26)11-20(14)28-21-12-19(27)17(25)10-15(21)22/h9,11-13,24,27H,3-8,10H2,1-2H3. The lowest BCUT2D eigenvalue weighted by molar-refractivity contribution is -0.117. The predicted molar refractivity (Wildman–Crippen MR) is 107 cm³/mol. The summed E-state index contributed by atoms with van der Waals surface area (Å²) in [5, 5.41) is 20.1. The van der Waals surface area contributed by atoms with Crippen LogP contribution in [0.3, 0.4) is 0 Å². The summed E-state index contributed by atoms with van der Waals surface area (Å²) in [6, 6.07) is 2.81. The normalized spacial score (nSPS) is 24.4. The van der Waals surface area contributed by atoms with Crippen LogP contribution < -0.4 is 5.43 Å². The molecule has 2 N–H and O–H groups in total. The van der Waals surface area contributed by atoms with Gasteiger partial charge in [0.15, 0.2) is 11.5 Å². The Balaban J connectivity index is 2.09. The van der Waals surface area contributed by atoms with Crippen LogP contribution in [0.5, 0.6) is 5.75 Å². The van der Waals surface area contributed by atoms with E-state index in [1.807, 2.05) is 0 Å². The highest BCUT2D eigenvalue weighted by Gasteiger charge is 2.46. The zero-order chi connectivity index (χ0) is 20.1. The van der Waals surface area contributed by atoms with Gasteiger partial charge in [0.1, 0.15) is 11.5 Å². The summed E-state index contributed by atoms with van der Waals surface area (Å²) in [5.41, 5.74) is 1.90. The molecule has 5 heteroatoms. The number of allylic oxidation sites excluding steroid dienone is 1. The zero-order valence-electron chi connectivity index (χ0n) is 16.4. The van der Waals surface area contributed by atoms with Crippen molar-refractivity contribution < 1.29 is 19.4 Å². The summed E-state index contributed by atoms with van der Waals surface area (Å²) in [6.07, 6.45) is 7.78. The van der Waals surface area contributed by atoms with Crippen LogP contribution >= 0.6 is 0 Å². The molecule has 1 heterocycles. The maximum absolute atomic E-state index is 12.3. The van der Waals surface area contributed by atoms with E-state index in [9.17, 15) is 19.8 Å². The monoisotopic (exact) mass is 382 g/mol. The van der Waals surface area contributed by atoms with Crippen molar-refractivity contribution in [2.24, 2.45) is 5.92 Å². The van der Waals surface area contributed by atoms with Crippen LogP contribution in [0.2, 0.25) is 0 Å². The molecule has 0 aromatic carbocycles. The summed E-state index contributed by atoms with van der Waals surface area (Å²) < 4.78 is 5.92. The zero-order valence-corrected chi connectivity index (χ0v) is 16.4. The highest BCUT2D eigenvalue weighted by molar-refractivity contribution is 6.01. The number of phenols is 1. The Labute approximate surface area is 164 Å². The SMILES string of the molecule is CCCCC1(c2c3cc(O)c(=O)cc-3oc3c2CC(=O)C(O)=C3)CCCC1C. The predicted octanol–water partition coefficient (Wildman–Crippen LogP) is 4.72. The van der Waals surface area contributed by atoms with Crippen molar-refractivity contribution in [3.63, 3.8) is 0 Å². The Morgan fingerprint density at radius 3 is 2.71 bits per heavy atom. The van der Waals surface area contributed by atoms with E-state index in [0.29, 0.717) is 23.0 Å². The van der Waals surface area contributed by atoms with Crippen LogP contribution in [-0.2, 0) is 16.6 Å². The number of unbranched alkanes of at least 4 members (excludes halogenated alkanes) is 1. The van der Waals surface area contributed by atoms with Crippen LogP contribution in [0.4, 0.5) is 0 Å². The first-order valence-electron chi connectivity index (χ1n) is 10.1. The van der Waals surface area contributed by atoms with E-state index in [2.05, 4.69) is 13.8 Å². The number of carbonyl (C=O) groups is 1. The Morgan fingerprint density at radius 1 is 1.25 bits per heavy atom. The second kappa shape index (κ2) is 6.80. The molecule has 148 valence electrons. The highest BCUT2D eigenvalue weighted by atomic mass is 16.3. The molecule has 4 aliphatic rings. The Morgan fingerprint density at radius 2 is 2.04 bits per heavy atom. The fourth-order valence-electron chi connectivity index (χ4n) is 5.22. The lowest BCUT2D eigenvalue weighted by Crippen LogP contribution is -2.33. The number of phenolic OH excluding ortho intramolecular Hbond substituents is 1. The molecule has 0 radical (unpaired) electrons. The summed E-state index contributed by atoms with van der Waals surface area (Å²) in [7, 11) is 0. The smallest absolute Gasteiger partial charge is 0.223 e. The molecule has 28 heavy (non-hydrogen) atoms. The molecule has 4 rings (SSSR count). The lowest BCUT2D eigenvalue weighted by Gasteiger charge is -2.39. The molecule has 3 aliphatic carbocycles. The van der Waals surface area contributed by atoms with Gasteiger partial charge in [0.2, 0.25) is 11.2 Å². The molecule has 1 saturated carbocycles. The number of Topliss-reactive ketones (excluding diaryl/α,β-unsaturated/α-hetero) is 1. The molecule has 1 fully saturated rings. The van der Waals surface area contributed by atoms with Gasteiger partial charge in [0.25, 0.3) is 0 Å². The van der Waals surface area contributed by atoms with E-state index in [1.165, 1.54) is 18.2 Å². The fraction of sp³-hybridized carbons (Fsp3) is 0.478. The molecule has 0 amide bonds. The number of aliphatic hydroxyl groups excluding tert-OH is 1. The summed E-state index contributed by atoms with van der Waals surface area (Å²) >= 11 is 0. The average Bonchev–Trinajstić information content (AvgIpc) is 3.02. The maximum atomic E-state index is 12.3. The van der Waals surface area contributed by atoms with E-state index in [0.717, 1.165) is 49.7 Å². The first kappa shape index (κ1) is 18.8. The van der Waals surface area contributed by atoms with Gasteiger partial charge >= 0.3 is 0 Å². The number of hydrogen-bond acceptors (Lipinski definition) is 5. The first-order valence-corrected chi connectivity index (χ1v) is 10.1. The van der Waals surface area contributed by atoms with E-state index in [-0.39, 0.29) is 29.1 Å². The maximum Gasteiger partial charge on any atom is 0.223 e. The third kappa shape index (κ3) is 2.76. The van der Waals surface area contributed by atoms with Crippen LogP contribution in [0, 0.1) is 5.92 Å². The van der Waals surface area contributed by atoms with Crippen molar-refractivity contribution in [3.05, 3.63) is 45.0 Å². The van der Waals surface area contributed by atoms with Gasteiger partial charge in [0, 0.05) is 29.7 Å². The molecule has 0 saturated heterocycles. The van der Waals surface area contributed by atoms with Gasteiger partial charge < -0.3 is 14.6 Å². The topological polar surface area (TPSA) is 87.7 Å². The quantitative estimate of drug-likeness (QED) is 0.799. The van der Waals surface area contributed by atoms with Crippen LogP contribution in [-0.4, -0.2) is 16.0 Å². The number of hydrogen-bond donors (Lipinski definition) is 2. The molecule has 2 atom stereocenters. The molecule has 0 spiro atoms. The second-order valence-electron chi connectivity index (χ2n) is 8.32. The Hall–Kier alpha value is -2.56. The lowest BCUT2D eigenvalue weighted by atomic mass is 9.65. The summed E-state index contributed by atoms with van der Waals surface area (Å²) in [6.45, 7) is 4.42. The van der Waals surface area contributed by atoms with Crippen LogP contribution in [0.25, 0.3) is 17.4 Å². The minimum absolute atomic E-state index is 0.0763. The van der Waals surface area contributed by atoms with Gasteiger partial charge in [-0.05, 0) is 42.2 Å². The molecular weight excluding hydrogens is 356 g/mol. The minimum atomic E-state index is -0.496. The Kier molecular flexibility index (Phi) is 4.56. The fourth-order valence-corrected chi connectivity index (χ4v) is 5.22. The minimum Gasteiger partial charge on any atom is -0.504 e. The van der Waals surface area contributed by atoms with E-state index in [4.69, 9.17) is 4.42 Å². The number of fused-ring (bicyclic) bond motifs is 2. The van der Waals surface area contributed by atoms with Gasteiger partial charge in [0.05, 0.1) is 0 Å². The largest absolute Gasteiger partial charge is 0.504 e. The van der Waals surface area contributed by atoms with E-state index < -0.39 is 5.43 Å². The number of aromatic hydroxyl groups is 1. The Bertz CT molecular complexity index is 999. The van der Waals surface area contributed by atoms with Crippen molar-refractivity contribution in [1.82, 2.24) is 0 Å². The van der Waals surface area contributed by atoms with Gasteiger partial charge in [-0.2, -0.15) is 0 Å². The van der Waals surface area contributed by atoms with Gasteiger partial charge in [-0.15, -0.1) is 0 Å². The van der Waals surface area contributed by atoms with Crippen LogP contribution in [0.15, 0.2) is 27.1 Å². The van der Waals surface area contributed by atoms with Crippen molar-refractivity contribution in [3.8, 4) is 17.1 Å². The first-order chi connectivity index (χ1) is 13.4. The number of aliphatic hydroxyl groups is 1. The number of benzene rings is 1. The van der Waals surface area contributed by atoms with Crippen LogP contribution in [0.1, 0.15) is 69.3 Å². The van der Waals surface area contributed by atoms with Gasteiger partial charge in [-0.1, -0.05) is 33.1 Å². The number of carbonyl (C=O) groups excluding carboxylic acids is 1. The van der Waals surface area contributed by atoms with Gasteiger partial charge in [-0.25, -0.2) is 0 Å². The second-order valence-corrected chi connectivity index (χ2v) is 8.32. The van der Waals surface area contributed by atoms with Crippen molar-refractivity contribution in [1.29, 1.82) is 0 Å². The van der Waals surface area contributed by atoms with E-state index >= 15 is 0 Å². The molecule has 5 nitrogen and oxygen atoms in total. The highest BCUT2D eigenvalue weighted by Crippen LogP contribution is 2.54. The molecular formula is C23H26O5. The molecule has 2 unspecified atom stereocenters.